The second kappa shape index (κ2) is 3.93. The Labute approximate surface area is 97.0 Å². The lowest BCUT2D eigenvalue weighted by Gasteiger charge is -2.07. The fraction of sp³-hybridized carbons (Fsp3) is 0.167. The summed E-state index contributed by atoms with van der Waals surface area (Å²) >= 11 is 0. The monoisotopic (exact) mass is 232 g/mol. The highest BCUT2D eigenvalue weighted by Crippen LogP contribution is 2.23. The van der Waals surface area contributed by atoms with Crippen molar-refractivity contribution in [2.45, 2.75) is 6.92 Å². The molecule has 0 atom stereocenters. The molecule has 0 unspecified atom stereocenters. The van der Waals surface area contributed by atoms with E-state index in [0.717, 1.165) is 10.1 Å². The van der Waals surface area contributed by atoms with Crippen LogP contribution in [0, 0.1) is 6.92 Å². The molecule has 1 aromatic heterocycles. The van der Waals surface area contributed by atoms with Crippen LogP contribution in [0.2, 0.25) is 0 Å². The molecule has 1 heterocycles. The standard InChI is InChI=1S/C12H12N2O3/c1-7-4-3-5-8(6-7)9-10(15)13-12(17)14(2)11(9)16/h3-6,16H,1-2H3,(H,13,15,17). The summed E-state index contributed by atoms with van der Waals surface area (Å²) in [6.45, 7) is 1.89. The van der Waals surface area contributed by atoms with Gasteiger partial charge in [-0.05, 0) is 12.5 Å². The number of aromatic hydroxyl groups is 1. The number of aromatic nitrogens is 2. The minimum atomic E-state index is -0.635. The van der Waals surface area contributed by atoms with Crippen LogP contribution >= 0.6 is 0 Å². The highest BCUT2D eigenvalue weighted by molar-refractivity contribution is 5.67. The lowest BCUT2D eigenvalue weighted by Crippen LogP contribution is -2.29. The molecule has 2 rings (SSSR count). The van der Waals surface area contributed by atoms with Gasteiger partial charge < -0.3 is 5.11 Å². The number of hydrogen-bond donors (Lipinski definition) is 2. The van der Waals surface area contributed by atoms with Gasteiger partial charge in [-0.2, -0.15) is 0 Å². The Bertz CT molecular complexity index is 683. The Morgan fingerprint density at radius 3 is 2.65 bits per heavy atom. The normalized spacial score (nSPS) is 10.5. The first-order valence-corrected chi connectivity index (χ1v) is 5.10. The van der Waals surface area contributed by atoms with Crippen LogP contribution in [0.1, 0.15) is 5.56 Å². The van der Waals surface area contributed by atoms with Crippen LogP contribution in [-0.4, -0.2) is 14.7 Å². The lowest BCUT2D eigenvalue weighted by molar-refractivity contribution is 0.420. The molecule has 0 spiro atoms. The number of hydrogen-bond acceptors (Lipinski definition) is 3. The van der Waals surface area contributed by atoms with Gasteiger partial charge in [0.05, 0.1) is 0 Å². The smallest absolute Gasteiger partial charge is 0.330 e. The molecule has 2 aromatic rings. The van der Waals surface area contributed by atoms with Gasteiger partial charge in [-0.15, -0.1) is 0 Å². The van der Waals surface area contributed by atoms with E-state index < -0.39 is 11.2 Å². The van der Waals surface area contributed by atoms with E-state index in [4.69, 9.17) is 0 Å². The van der Waals surface area contributed by atoms with Gasteiger partial charge in [-0.3, -0.25) is 14.3 Å². The van der Waals surface area contributed by atoms with Gasteiger partial charge in [-0.1, -0.05) is 29.8 Å². The zero-order valence-electron chi connectivity index (χ0n) is 9.52. The van der Waals surface area contributed by atoms with Crippen LogP contribution in [0.5, 0.6) is 5.88 Å². The molecule has 0 saturated heterocycles. The number of nitrogens with zero attached hydrogens (tertiary/aromatic N) is 1. The second-order valence-electron chi connectivity index (χ2n) is 3.89. The van der Waals surface area contributed by atoms with Crippen molar-refractivity contribution in [1.29, 1.82) is 0 Å². The third-order valence-corrected chi connectivity index (χ3v) is 2.60. The van der Waals surface area contributed by atoms with Crippen molar-refractivity contribution in [3.63, 3.8) is 0 Å². The first kappa shape index (κ1) is 11.2. The van der Waals surface area contributed by atoms with Gasteiger partial charge in [0.2, 0.25) is 5.88 Å². The molecule has 0 bridgehead atoms. The molecule has 0 saturated carbocycles. The second-order valence-corrected chi connectivity index (χ2v) is 3.89. The molecular formula is C12H12N2O3. The maximum absolute atomic E-state index is 11.7. The molecule has 88 valence electrons. The van der Waals surface area contributed by atoms with Crippen LogP contribution < -0.4 is 11.2 Å². The number of benzene rings is 1. The third kappa shape index (κ3) is 1.87. The number of aryl methyl sites for hydroxylation is 1. The number of H-pyrrole nitrogens is 1. The Balaban J connectivity index is 2.81. The van der Waals surface area contributed by atoms with E-state index in [1.807, 2.05) is 13.0 Å². The van der Waals surface area contributed by atoms with Gasteiger partial charge in [0, 0.05) is 7.05 Å². The van der Waals surface area contributed by atoms with Gasteiger partial charge in [0.1, 0.15) is 5.56 Å². The summed E-state index contributed by atoms with van der Waals surface area (Å²) < 4.78 is 0.999. The van der Waals surface area contributed by atoms with E-state index in [9.17, 15) is 14.7 Å². The Kier molecular flexibility index (Phi) is 2.59. The summed E-state index contributed by atoms with van der Waals surface area (Å²) in [6.07, 6.45) is 0. The minimum Gasteiger partial charge on any atom is -0.494 e. The summed E-state index contributed by atoms with van der Waals surface area (Å²) in [5.41, 5.74) is 0.436. The van der Waals surface area contributed by atoms with Crippen molar-refractivity contribution in [1.82, 2.24) is 9.55 Å². The van der Waals surface area contributed by atoms with Crippen LogP contribution in [0.15, 0.2) is 33.9 Å². The van der Waals surface area contributed by atoms with E-state index in [1.165, 1.54) is 7.05 Å². The molecule has 5 nitrogen and oxygen atoms in total. The maximum atomic E-state index is 11.7. The SMILES string of the molecule is Cc1cccc(-c2c(O)n(C)c(=O)[nH]c2=O)c1. The molecule has 1 aromatic carbocycles. The third-order valence-electron chi connectivity index (χ3n) is 2.60. The highest BCUT2D eigenvalue weighted by atomic mass is 16.3. The van der Waals surface area contributed by atoms with E-state index in [0.29, 0.717) is 5.56 Å². The van der Waals surface area contributed by atoms with Crippen molar-refractivity contribution in [2.24, 2.45) is 7.05 Å². The van der Waals surface area contributed by atoms with E-state index >= 15 is 0 Å². The van der Waals surface area contributed by atoms with Gasteiger partial charge >= 0.3 is 5.69 Å². The molecule has 17 heavy (non-hydrogen) atoms. The molecule has 0 aliphatic carbocycles. The molecule has 0 fully saturated rings. The maximum Gasteiger partial charge on any atom is 0.330 e. The predicted molar refractivity (Wildman–Crippen MR) is 64.1 cm³/mol. The lowest BCUT2D eigenvalue weighted by atomic mass is 10.1. The molecule has 0 aliphatic rings. The number of aromatic amines is 1. The van der Waals surface area contributed by atoms with Crippen LogP contribution in [0.25, 0.3) is 11.1 Å². The average Bonchev–Trinajstić information content (AvgIpc) is 2.26. The first-order valence-electron chi connectivity index (χ1n) is 5.10. The van der Waals surface area contributed by atoms with Gasteiger partial charge in [0.25, 0.3) is 5.56 Å². The summed E-state index contributed by atoms with van der Waals surface area (Å²) in [5.74, 6) is -0.329. The summed E-state index contributed by atoms with van der Waals surface area (Å²) in [4.78, 5) is 25.1. The minimum absolute atomic E-state index is 0.107. The Morgan fingerprint density at radius 1 is 1.29 bits per heavy atom. The zero-order chi connectivity index (χ0) is 12.6. The van der Waals surface area contributed by atoms with Crippen LogP contribution in [-0.2, 0) is 7.05 Å². The highest BCUT2D eigenvalue weighted by Gasteiger charge is 2.13. The molecule has 0 amide bonds. The molecule has 2 N–H and O–H groups in total. The molecular weight excluding hydrogens is 220 g/mol. The molecule has 0 radical (unpaired) electrons. The van der Waals surface area contributed by atoms with Crippen LogP contribution in [0.3, 0.4) is 0 Å². The topological polar surface area (TPSA) is 75.1 Å². The first-order chi connectivity index (χ1) is 8.00. The zero-order valence-corrected chi connectivity index (χ0v) is 9.52. The van der Waals surface area contributed by atoms with Crippen molar-refractivity contribution < 1.29 is 5.11 Å². The quantitative estimate of drug-likeness (QED) is 0.762. The molecule has 0 aliphatic heterocycles. The number of nitrogens with one attached hydrogen (secondary N) is 1. The van der Waals surface area contributed by atoms with E-state index in [2.05, 4.69) is 4.98 Å². The van der Waals surface area contributed by atoms with E-state index in [-0.39, 0.29) is 11.4 Å². The van der Waals surface area contributed by atoms with Crippen molar-refractivity contribution in [2.75, 3.05) is 0 Å². The summed E-state index contributed by atoms with van der Waals surface area (Å²) in [7, 11) is 1.40. The van der Waals surface area contributed by atoms with Crippen molar-refractivity contribution in [3.8, 4) is 17.0 Å². The average molecular weight is 232 g/mol. The van der Waals surface area contributed by atoms with Crippen molar-refractivity contribution >= 4 is 0 Å². The fourth-order valence-corrected chi connectivity index (χ4v) is 1.67. The summed E-state index contributed by atoms with van der Waals surface area (Å²) in [6, 6.07) is 7.15. The van der Waals surface area contributed by atoms with Crippen LogP contribution in [0.4, 0.5) is 0 Å². The Hall–Kier alpha value is -2.30. The van der Waals surface area contributed by atoms with Gasteiger partial charge in [0.15, 0.2) is 0 Å². The predicted octanol–water partition coefficient (Wildman–Crippen LogP) is 0.755. The van der Waals surface area contributed by atoms with Gasteiger partial charge in [-0.25, -0.2) is 4.79 Å². The van der Waals surface area contributed by atoms with Crippen molar-refractivity contribution in [3.05, 3.63) is 50.7 Å². The Morgan fingerprint density at radius 2 is 2.00 bits per heavy atom. The van der Waals surface area contributed by atoms with E-state index in [1.54, 1.807) is 18.2 Å². The fourth-order valence-electron chi connectivity index (χ4n) is 1.67. The summed E-state index contributed by atoms with van der Waals surface area (Å²) in [5, 5.41) is 9.85. The number of rotatable bonds is 1. The largest absolute Gasteiger partial charge is 0.494 e. The molecule has 5 heteroatoms.